The minimum atomic E-state index is -0.124. The summed E-state index contributed by atoms with van der Waals surface area (Å²) in [6.07, 6.45) is 1.56. The normalized spacial score (nSPS) is 11.4. The number of nitrogens with zero attached hydrogens (tertiary/aromatic N) is 4. The first-order valence-electron chi connectivity index (χ1n) is 9.48. The highest BCUT2D eigenvalue weighted by atomic mass is 32.2. The molecule has 6 nitrogen and oxygen atoms in total. The van der Waals surface area contributed by atoms with Crippen LogP contribution >= 0.6 is 34.4 Å². The molecule has 0 aliphatic heterocycles. The molecule has 0 spiro atoms. The fourth-order valence-electron chi connectivity index (χ4n) is 2.89. The summed E-state index contributed by atoms with van der Waals surface area (Å²) in [5.41, 5.74) is 4.75. The first-order chi connectivity index (χ1) is 14.4. The number of aromatic nitrogens is 4. The van der Waals surface area contributed by atoms with Crippen molar-refractivity contribution in [2.75, 3.05) is 11.1 Å². The van der Waals surface area contributed by atoms with Crippen LogP contribution in [-0.4, -0.2) is 31.8 Å². The summed E-state index contributed by atoms with van der Waals surface area (Å²) in [5.74, 6) is 0.408. The van der Waals surface area contributed by atoms with Gasteiger partial charge in [-0.25, -0.2) is 9.97 Å². The summed E-state index contributed by atoms with van der Waals surface area (Å²) in [6.45, 7) is 8.32. The molecule has 0 radical (unpaired) electrons. The molecule has 1 aromatic carbocycles. The molecular weight excluding hydrogens is 434 g/mol. The van der Waals surface area contributed by atoms with Gasteiger partial charge in [-0.05, 0) is 30.5 Å². The summed E-state index contributed by atoms with van der Waals surface area (Å²) < 4.78 is 0. The van der Waals surface area contributed by atoms with E-state index in [-0.39, 0.29) is 11.7 Å². The molecule has 0 bridgehead atoms. The molecule has 0 aliphatic carbocycles. The number of aryl methyl sites for hydroxylation is 2. The lowest BCUT2D eigenvalue weighted by atomic mass is 10.0. The maximum Gasteiger partial charge on any atom is 0.236 e. The Balaban J connectivity index is 1.54. The van der Waals surface area contributed by atoms with Gasteiger partial charge in [-0.3, -0.25) is 10.1 Å². The standard InChI is InChI=1S/C21H21N5OS3/c1-11(2)18-25-26-21(30-18)24-16(27)9-29-20-17-15(8-28-19(17)22-10-23-20)14-6-5-12(3)13(4)7-14/h5-8,10-11H,9H2,1-4H3,(H,24,26,27). The van der Waals surface area contributed by atoms with E-state index in [4.69, 9.17) is 0 Å². The molecule has 0 atom stereocenters. The Labute approximate surface area is 187 Å². The van der Waals surface area contributed by atoms with Crippen molar-refractivity contribution in [2.45, 2.75) is 38.6 Å². The summed E-state index contributed by atoms with van der Waals surface area (Å²) >= 11 is 4.41. The zero-order chi connectivity index (χ0) is 21.3. The van der Waals surface area contributed by atoms with Gasteiger partial charge in [-0.15, -0.1) is 21.5 Å². The van der Waals surface area contributed by atoms with E-state index in [1.807, 2.05) is 0 Å². The highest BCUT2D eigenvalue weighted by Crippen LogP contribution is 2.38. The van der Waals surface area contributed by atoms with Gasteiger partial charge in [-0.1, -0.05) is 55.1 Å². The summed E-state index contributed by atoms with van der Waals surface area (Å²) in [7, 11) is 0. The Kier molecular flexibility index (Phi) is 6.12. The van der Waals surface area contributed by atoms with E-state index in [1.165, 1.54) is 34.2 Å². The van der Waals surface area contributed by atoms with E-state index in [0.717, 1.165) is 31.4 Å². The lowest BCUT2D eigenvalue weighted by Gasteiger charge is -2.07. The topological polar surface area (TPSA) is 80.7 Å². The van der Waals surface area contributed by atoms with Crippen LogP contribution in [0.15, 0.2) is 34.9 Å². The molecule has 154 valence electrons. The number of rotatable bonds is 6. The van der Waals surface area contributed by atoms with Crippen molar-refractivity contribution in [1.82, 2.24) is 20.2 Å². The van der Waals surface area contributed by atoms with Gasteiger partial charge in [0.25, 0.3) is 0 Å². The number of hydrogen-bond donors (Lipinski definition) is 1. The Morgan fingerprint density at radius 1 is 1.17 bits per heavy atom. The van der Waals surface area contributed by atoms with Crippen LogP contribution in [0.25, 0.3) is 21.3 Å². The molecule has 9 heteroatoms. The lowest BCUT2D eigenvalue weighted by molar-refractivity contribution is -0.113. The van der Waals surface area contributed by atoms with E-state index < -0.39 is 0 Å². The molecule has 0 saturated carbocycles. The number of benzene rings is 1. The minimum Gasteiger partial charge on any atom is -0.300 e. The highest BCUT2D eigenvalue weighted by molar-refractivity contribution is 8.00. The SMILES string of the molecule is Cc1ccc(-c2csc3ncnc(SCC(=O)Nc4nnc(C(C)C)s4)c23)cc1C. The van der Waals surface area contributed by atoms with Crippen molar-refractivity contribution in [3.8, 4) is 11.1 Å². The molecule has 3 heterocycles. The fraction of sp³-hybridized carbons (Fsp3) is 0.286. The van der Waals surface area contributed by atoms with Gasteiger partial charge < -0.3 is 0 Å². The smallest absolute Gasteiger partial charge is 0.236 e. The quantitative estimate of drug-likeness (QED) is 0.297. The largest absolute Gasteiger partial charge is 0.300 e. The maximum atomic E-state index is 12.4. The minimum absolute atomic E-state index is 0.124. The third-order valence-corrected chi connectivity index (χ3v) is 7.69. The first-order valence-corrected chi connectivity index (χ1v) is 12.2. The summed E-state index contributed by atoms with van der Waals surface area (Å²) in [4.78, 5) is 22.2. The Hall–Kier alpha value is -2.36. The van der Waals surface area contributed by atoms with E-state index in [9.17, 15) is 4.79 Å². The predicted molar refractivity (Wildman–Crippen MR) is 126 cm³/mol. The van der Waals surface area contributed by atoms with Crippen LogP contribution in [0.4, 0.5) is 5.13 Å². The Morgan fingerprint density at radius 2 is 2.00 bits per heavy atom. The fourth-order valence-corrected chi connectivity index (χ4v) is 5.44. The molecule has 4 aromatic rings. The van der Waals surface area contributed by atoms with E-state index in [0.29, 0.717) is 11.0 Å². The molecule has 0 aliphatic rings. The molecule has 4 rings (SSSR count). The van der Waals surface area contributed by atoms with Crippen molar-refractivity contribution < 1.29 is 4.79 Å². The number of amides is 1. The average molecular weight is 456 g/mol. The third kappa shape index (κ3) is 4.38. The third-order valence-electron chi connectivity index (χ3n) is 4.67. The Morgan fingerprint density at radius 3 is 2.73 bits per heavy atom. The summed E-state index contributed by atoms with van der Waals surface area (Å²) in [5, 5.41) is 16.4. The van der Waals surface area contributed by atoms with E-state index >= 15 is 0 Å². The second-order valence-electron chi connectivity index (χ2n) is 7.24. The zero-order valence-corrected chi connectivity index (χ0v) is 19.5. The molecule has 0 saturated heterocycles. The number of thioether (sulfide) groups is 1. The summed E-state index contributed by atoms with van der Waals surface area (Å²) in [6, 6.07) is 6.44. The number of carbonyl (C=O) groups is 1. The molecule has 0 fully saturated rings. The number of hydrogen-bond acceptors (Lipinski definition) is 8. The van der Waals surface area contributed by atoms with Crippen molar-refractivity contribution in [1.29, 1.82) is 0 Å². The molecule has 1 N–H and O–H groups in total. The van der Waals surface area contributed by atoms with Gasteiger partial charge in [0.1, 0.15) is 21.2 Å². The molecule has 30 heavy (non-hydrogen) atoms. The second-order valence-corrected chi connectivity index (χ2v) is 10.1. The molecule has 0 unspecified atom stereocenters. The van der Waals surface area contributed by atoms with Crippen LogP contribution in [0, 0.1) is 13.8 Å². The van der Waals surface area contributed by atoms with Gasteiger partial charge in [0.15, 0.2) is 0 Å². The van der Waals surface area contributed by atoms with Crippen LogP contribution in [0.3, 0.4) is 0 Å². The second kappa shape index (κ2) is 8.79. The number of carbonyl (C=O) groups excluding carboxylic acids is 1. The molecule has 1 amide bonds. The van der Waals surface area contributed by atoms with Gasteiger partial charge in [-0.2, -0.15) is 0 Å². The predicted octanol–water partition coefficient (Wildman–Crippen LogP) is 5.68. The Bertz CT molecular complexity index is 1210. The van der Waals surface area contributed by atoms with Crippen LogP contribution in [0.5, 0.6) is 0 Å². The van der Waals surface area contributed by atoms with Crippen LogP contribution in [0.1, 0.15) is 35.9 Å². The number of fused-ring (bicyclic) bond motifs is 1. The first kappa shape index (κ1) is 20.9. The van der Waals surface area contributed by atoms with Crippen molar-refractivity contribution in [3.05, 3.63) is 46.0 Å². The van der Waals surface area contributed by atoms with Crippen LogP contribution < -0.4 is 5.32 Å². The van der Waals surface area contributed by atoms with Gasteiger partial charge in [0.2, 0.25) is 11.0 Å². The van der Waals surface area contributed by atoms with Crippen molar-refractivity contribution in [3.63, 3.8) is 0 Å². The van der Waals surface area contributed by atoms with Gasteiger partial charge in [0.05, 0.1) is 11.1 Å². The average Bonchev–Trinajstić information content (AvgIpc) is 3.36. The lowest BCUT2D eigenvalue weighted by Crippen LogP contribution is -2.14. The van der Waals surface area contributed by atoms with Crippen LogP contribution in [0.2, 0.25) is 0 Å². The maximum absolute atomic E-state index is 12.4. The van der Waals surface area contributed by atoms with Crippen LogP contribution in [-0.2, 0) is 4.79 Å². The number of anilines is 1. The van der Waals surface area contributed by atoms with Crippen molar-refractivity contribution >= 4 is 55.7 Å². The number of nitrogens with one attached hydrogen (secondary N) is 1. The van der Waals surface area contributed by atoms with Gasteiger partial charge in [0, 0.05) is 16.9 Å². The monoisotopic (exact) mass is 455 g/mol. The van der Waals surface area contributed by atoms with E-state index in [1.54, 1.807) is 17.7 Å². The van der Waals surface area contributed by atoms with Gasteiger partial charge >= 0.3 is 0 Å². The van der Waals surface area contributed by atoms with Crippen molar-refractivity contribution in [2.24, 2.45) is 0 Å². The molecular formula is C21H21N5OS3. The molecule has 3 aromatic heterocycles. The zero-order valence-electron chi connectivity index (χ0n) is 17.1. The number of thiophene rings is 1. The van der Waals surface area contributed by atoms with E-state index in [2.05, 4.69) is 76.8 Å². The highest BCUT2D eigenvalue weighted by Gasteiger charge is 2.16.